The van der Waals surface area contributed by atoms with Gasteiger partial charge in [-0.2, -0.15) is 0 Å². The molecule has 0 saturated carbocycles. The number of ether oxygens (including phenoxy) is 1. The van der Waals surface area contributed by atoms with E-state index in [0.29, 0.717) is 16.9 Å². The third kappa shape index (κ3) is 5.51. The summed E-state index contributed by atoms with van der Waals surface area (Å²) in [4.78, 5) is 24.5. The number of rotatable bonds is 6. The maximum Gasteiger partial charge on any atom is 0.276 e. The summed E-state index contributed by atoms with van der Waals surface area (Å²) in [6.07, 6.45) is 0. The van der Waals surface area contributed by atoms with Crippen LogP contribution in [0.5, 0.6) is 5.75 Å². The van der Waals surface area contributed by atoms with Crippen molar-refractivity contribution in [1.29, 1.82) is 0 Å². The SMILES string of the molecule is Cc1cc(C)c(S(N)(=O)=O)cc1C(=O)NNC(=O)COc1ccccc1-c1ccccc1. The average molecular weight is 454 g/mol. The number of hydrazine groups is 1. The zero-order chi connectivity index (χ0) is 23.3. The van der Waals surface area contributed by atoms with Crippen molar-refractivity contribution in [3.05, 3.63) is 83.4 Å². The Kier molecular flexibility index (Phi) is 6.92. The highest BCUT2D eigenvalue weighted by Gasteiger charge is 2.18. The maximum atomic E-state index is 12.5. The van der Waals surface area contributed by atoms with Crippen LogP contribution in [0.3, 0.4) is 0 Å². The summed E-state index contributed by atoms with van der Waals surface area (Å²) in [5, 5.41) is 5.20. The highest BCUT2D eigenvalue weighted by molar-refractivity contribution is 7.89. The fraction of sp³-hybridized carbons (Fsp3) is 0.130. The molecule has 3 rings (SSSR count). The molecule has 0 aliphatic heterocycles. The van der Waals surface area contributed by atoms with Gasteiger partial charge in [-0.1, -0.05) is 54.6 Å². The van der Waals surface area contributed by atoms with Gasteiger partial charge in [-0.25, -0.2) is 13.6 Å². The first kappa shape index (κ1) is 23.0. The van der Waals surface area contributed by atoms with E-state index in [1.807, 2.05) is 42.5 Å². The zero-order valence-corrected chi connectivity index (χ0v) is 18.4. The molecule has 0 heterocycles. The number of benzene rings is 3. The summed E-state index contributed by atoms with van der Waals surface area (Å²) in [6.45, 7) is 2.90. The second-order valence-electron chi connectivity index (χ2n) is 7.13. The van der Waals surface area contributed by atoms with Crippen LogP contribution in [-0.4, -0.2) is 26.8 Å². The van der Waals surface area contributed by atoms with Gasteiger partial charge in [0.2, 0.25) is 10.0 Å². The fourth-order valence-electron chi connectivity index (χ4n) is 3.21. The number of nitrogens with one attached hydrogen (secondary N) is 2. The highest BCUT2D eigenvalue weighted by atomic mass is 32.2. The van der Waals surface area contributed by atoms with Crippen LogP contribution in [0.1, 0.15) is 21.5 Å². The van der Waals surface area contributed by atoms with Crippen molar-refractivity contribution in [2.75, 3.05) is 6.61 Å². The molecular weight excluding hydrogens is 430 g/mol. The summed E-state index contributed by atoms with van der Waals surface area (Å²) in [5.41, 5.74) is 7.35. The van der Waals surface area contributed by atoms with Gasteiger partial charge >= 0.3 is 0 Å². The van der Waals surface area contributed by atoms with Crippen molar-refractivity contribution >= 4 is 21.8 Å². The minimum atomic E-state index is -3.99. The number of carbonyl (C=O) groups excluding carboxylic acids is 2. The maximum absolute atomic E-state index is 12.5. The van der Waals surface area contributed by atoms with E-state index in [0.717, 1.165) is 11.1 Å². The first-order valence-corrected chi connectivity index (χ1v) is 11.2. The first-order valence-electron chi connectivity index (χ1n) is 9.67. The number of amides is 2. The number of sulfonamides is 1. The van der Waals surface area contributed by atoms with Gasteiger partial charge in [-0.05, 0) is 42.7 Å². The van der Waals surface area contributed by atoms with Gasteiger partial charge in [-0.3, -0.25) is 20.4 Å². The van der Waals surface area contributed by atoms with Crippen LogP contribution in [0, 0.1) is 13.8 Å². The second kappa shape index (κ2) is 9.63. The van der Waals surface area contributed by atoms with Gasteiger partial charge in [0.1, 0.15) is 5.75 Å². The number of carbonyl (C=O) groups is 2. The molecule has 2 amide bonds. The van der Waals surface area contributed by atoms with E-state index in [-0.39, 0.29) is 17.1 Å². The van der Waals surface area contributed by atoms with Gasteiger partial charge < -0.3 is 4.74 Å². The van der Waals surface area contributed by atoms with E-state index in [1.54, 1.807) is 32.0 Å². The fourth-order valence-corrected chi connectivity index (χ4v) is 4.00. The molecule has 3 aromatic rings. The summed E-state index contributed by atoms with van der Waals surface area (Å²) in [7, 11) is -3.99. The minimum Gasteiger partial charge on any atom is -0.483 e. The van der Waals surface area contributed by atoms with E-state index in [4.69, 9.17) is 9.88 Å². The zero-order valence-electron chi connectivity index (χ0n) is 17.6. The third-order valence-corrected chi connectivity index (χ3v) is 5.77. The van der Waals surface area contributed by atoms with Crippen LogP contribution in [0.25, 0.3) is 11.1 Å². The Bertz CT molecular complexity index is 1260. The highest BCUT2D eigenvalue weighted by Crippen LogP contribution is 2.29. The molecular formula is C23H23N3O5S. The molecule has 3 aromatic carbocycles. The Morgan fingerprint density at radius 2 is 1.56 bits per heavy atom. The van der Waals surface area contributed by atoms with Crippen molar-refractivity contribution in [1.82, 2.24) is 10.9 Å². The Morgan fingerprint density at radius 3 is 2.25 bits per heavy atom. The number of hydrogen-bond donors (Lipinski definition) is 3. The molecule has 8 nitrogen and oxygen atoms in total. The molecule has 0 unspecified atom stereocenters. The summed E-state index contributed by atoms with van der Waals surface area (Å²) < 4.78 is 29.1. The quantitative estimate of drug-likeness (QED) is 0.494. The van der Waals surface area contributed by atoms with Crippen LogP contribution in [0.2, 0.25) is 0 Å². The van der Waals surface area contributed by atoms with Gasteiger partial charge in [-0.15, -0.1) is 0 Å². The largest absolute Gasteiger partial charge is 0.483 e. The summed E-state index contributed by atoms with van der Waals surface area (Å²) in [5.74, 6) is -0.740. The number of para-hydroxylation sites is 1. The van der Waals surface area contributed by atoms with Crippen LogP contribution >= 0.6 is 0 Å². The number of nitrogens with two attached hydrogens (primary N) is 1. The number of hydrogen-bond acceptors (Lipinski definition) is 5. The molecule has 0 saturated heterocycles. The minimum absolute atomic E-state index is 0.0790. The van der Waals surface area contributed by atoms with E-state index in [2.05, 4.69) is 10.9 Å². The van der Waals surface area contributed by atoms with E-state index >= 15 is 0 Å². The Balaban J connectivity index is 1.64. The van der Waals surface area contributed by atoms with Gasteiger partial charge in [0, 0.05) is 11.1 Å². The van der Waals surface area contributed by atoms with Crippen molar-refractivity contribution in [3.63, 3.8) is 0 Å². The molecule has 166 valence electrons. The molecule has 32 heavy (non-hydrogen) atoms. The third-order valence-electron chi connectivity index (χ3n) is 4.72. The van der Waals surface area contributed by atoms with Crippen molar-refractivity contribution in [2.24, 2.45) is 5.14 Å². The Labute approximate surface area is 186 Å². The lowest BCUT2D eigenvalue weighted by Crippen LogP contribution is -2.44. The predicted molar refractivity (Wildman–Crippen MR) is 120 cm³/mol. The smallest absolute Gasteiger partial charge is 0.276 e. The Morgan fingerprint density at radius 1 is 0.906 bits per heavy atom. The lowest BCUT2D eigenvalue weighted by molar-refractivity contribution is -0.123. The lowest BCUT2D eigenvalue weighted by Gasteiger charge is -2.13. The van der Waals surface area contributed by atoms with Gasteiger partial charge in [0.05, 0.1) is 4.90 Å². The normalized spacial score (nSPS) is 11.0. The first-order chi connectivity index (χ1) is 15.2. The van der Waals surface area contributed by atoms with E-state index in [1.165, 1.54) is 6.07 Å². The van der Waals surface area contributed by atoms with E-state index < -0.39 is 21.8 Å². The van der Waals surface area contributed by atoms with Gasteiger partial charge in [0.15, 0.2) is 6.61 Å². The number of primary sulfonamides is 1. The van der Waals surface area contributed by atoms with E-state index in [9.17, 15) is 18.0 Å². The van der Waals surface area contributed by atoms with Crippen LogP contribution < -0.4 is 20.7 Å². The monoisotopic (exact) mass is 453 g/mol. The van der Waals surface area contributed by atoms with Crippen LogP contribution in [0.4, 0.5) is 0 Å². The van der Waals surface area contributed by atoms with Crippen LogP contribution in [-0.2, 0) is 14.8 Å². The van der Waals surface area contributed by atoms with Gasteiger partial charge in [0.25, 0.3) is 11.8 Å². The Hall–Kier alpha value is -3.69. The standard InChI is InChI=1S/C23H23N3O5S/c1-15-12-16(2)21(32(24,29)30)13-19(15)23(28)26-25-22(27)14-31-20-11-7-6-10-18(20)17-8-4-3-5-9-17/h3-13H,14H2,1-2H3,(H,25,27)(H,26,28)(H2,24,29,30). The van der Waals surface area contributed by atoms with Crippen LogP contribution in [0.15, 0.2) is 71.6 Å². The van der Waals surface area contributed by atoms with Crippen molar-refractivity contribution in [2.45, 2.75) is 18.7 Å². The molecule has 0 aliphatic rings. The average Bonchev–Trinajstić information content (AvgIpc) is 2.76. The number of aryl methyl sites for hydroxylation is 2. The molecule has 0 bridgehead atoms. The molecule has 0 radical (unpaired) electrons. The molecule has 0 fully saturated rings. The summed E-state index contributed by atoms with van der Waals surface area (Å²) in [6, 6.07) is 19.6. The molecule has 0 aliphatic carbocycles. The molecule has 9 heteroatoms. The topological polar surface area (TPSA) is 128 Å². The summed E-state index contributed by atoms with van der Waals surface area (Å²) >= 11 is 0. The molecule has 4 N–H and O–H groups in total. The van der Waals surface area contributed by atoms with Crippen molar-refractivity contribution < 1.29 is 22.7 Å². The van der Waals surface area contributed by atoms with Crippen molar-refractivity contribution in [3.8, 4) is 16.9 Å². The second-order valence-corrected chi connectivity index (χ2v) is 8.66. The lowest BCUT2D eigenvalue weighted by atomic mass is 10.1. The molecule has 0 aromatic heterocycles. The molecule has 0 spiro atoms. The predicted octanol–water partition coefficient (Wildman–Crippen LogP) is 2.46. The molecule has 0 atom stereocenters.